The molecule has 1 heterocycles. The van der Waals surface area contributed by atoms with Crippen LogP contribution in [-0.4, -0.2) is 9.97 Å². The second-order valence-corrected chi connectivity index (χ2v) is 11.8. The van der Waals surface area contributed by atoms with Gasteiger partial charge in [0.2, 0.25) is 0 Å². The van der Waals surface area contributed by atoms with Crippen molar-refractivity contribution in [2.75, 3.05) is 0 Å². The second kappa shape index (κ2) is 10.1. The zero-order chi connectivity index (χ0) is 29.8. The van der Waals surface area contributed by atoms with Crippen molar-refractivity contribution in [2.24, 2.45) is 0 Å². The van der Waals surface area contributed by atoms with Gasteiger partial charge >= 0.3 is 0 Å². The number of benzene rings is 7. The van der Waals surface area contributed by atoms with E-state index < -0.39 is 5.41 Å². The lowest BCUT2D eigenvalue weighted by Gasteiger charge is -2.34. The molecule has 0 spiro atoms. The van der Waals surface area contributed by atoms with E-state index in [4.69, 9.17) is 9.97 Å². The van der Waals surface area contributed by atoms with E-state index in [2.05, 4.69) is 158 Å². The van der Waals surface area contributed by atoms with Crippen molar-refractivity contribution < 1.29 is 0 Å². The minimum Gasteiger partial charge on any atom is -0.228 e. The molecule has 2 heteroatoms. The summed E-state index contributed by atoms with van der Waals surface area (Å²) in [6, 6.07) is 60.9. The molecule has 9 rings (SSSR count). The Bertz CT molecular complexity index is 2320. The van der Waals surface area contributed by atoms with Gasteiger partial charge in [0.1, 0.15) is 0 Å². The topological polar surface area (TPSA) is 25.8 Å². The molecular weight excluding hydrogens is 544 g/mol. The Balaban J connectivity index is 1.28. The van der Waals surface area contributed by atoms with Crippen molar-refractivity contribution in [1.29, 1.82) is 0 Å². The van der Waals surface area contributed by atoms with Gasteiger partial charge in [-0.25, -0.2) is 9.97 Å². The normalized spacial score (nSPS) is 13.1. The highest BCUT2D eigenvalue weighted by Crippen LogP contribution is 2.56. The molecule has 0 amide bonds. The van der Waals surface area contributed by atoms with Gasteiger partial charge in [0.15, 0.2) is 5.82 Å². The Morgan fingerprint density at radius 2 is 1.04 bits per heavy atom. The lowest BCUT2D eigenvalue weighted by molar-refractivity contribution is 0.769. The molecule has 0 bridgehead atoms. The number of para-hydroxylation sites is 1. The number of aromatic nitrogens is 2. The van der Waals surface area contributed by atoms with Crippen molar-refractivity contribution in [3.63, 3.8) is 0 Å². The van der Waals surface area contributed by atoms with Gasteiger partial charge in [0, 0.05) is 16.5 Å². The summed E-state index contributed by atoms with van der Waals surface area (Å²) in [7, 11) is 0. The van der Waals surface area contributed by atoms with Gasteiger partial charge in [-0.3, -0.25) is 0 Å². The number of fused-ring (bicyclic) bond motifs is 5. The molecule has 0 unspecified atom stereocenters. The summed E-state index contributed by atoms with van der Waals surface area (Å²) >= 11 is 0. The van der Waals surface area contributed by atoms with Crippen LogP contribution in [0.1, 0.15) is 22.3 Å². The maximum Gasteiger partial charge on any atom is 0.160 e. The lowest BCUT2D eigenvalue weighted by Crippen LogP contribution is -2.28. The largest absolute Gasteiger partial charge is 0.228 e. The molecule has 8 aromatic rings. The van der Waals surface area contributed by atoms with Crippen LogP contribution in [0.25, 0.3) is 55.4 Å². The smallest absolute Gasteiger partial charge is 0.160 e. The van der Waals surface area contributed by atoms with E-state index in [1.54, 1.807) is 0 Å². The molecule has 210 valence electrons. The van der Waals surface area contributed by atoms with Crippen molar-refractivity contribution in [3.8, 4) is 33.8 Å². The minimum absolute atomic E-state index is 0.409. The molecule has 0 saturated heterocycles. The highest BCUT2D eigenvalue weighted by molar-refractivity contribution is 5.98. The molecule has 1 aromatic heterocycles. The van der Waals surface area contributed by atoms with Gasteiger partial charge in [-0.1, -0.05) is 146 Å². The Kier molecular flexibility index (Phi) is 5.76. The average molecular weight is 573 g/mol. The summed E-state index contributed by atoms with van der Waals surface area (Å²) in [5.74, 6) is 0.735. The van der Waals surface area contributed by atoms with E-state index in [1.165, 1.54) is 44.2 Å². The van der Waals surface area contributed by atoms with Crippen LogP contribution in [0.3, 0.4) is 0 Å². The summed E-state index contributed by atoms with van der Waals surface area (Å²) in [5, 5.41) is 3.43. The summed E-state index contributed by atoms with van der Waals surface area (Å²) in [6.45, 7) is 0. The first-order chi connectivity index (χ1) is 22.3. The number of rotatable bonds is 4. The summed E-state index contributed by atoms with van der Waals surface area (Å²) in [6.07, 6.45) is 0. The third-order valence-electron chi connectivity index (χ3n) is 9.32. The maximum atomic E-state index is 5.15. The Morgan fingerprint density at radius 3 is 1.80 bits per heavy atom. The fourth-order valence-corrected chi connectivity index (χ4v) is 7.35. The van der Waals surface area contributed by atoms with Crippen LogP contribution in [0.4, 0.5) is 0 Å². The van der Waals surface area contributed by atoms with Crippen LogP contribution in [0.2, 0.25) is 0 Å². The van der Waals surface area contributed by atoms with Gasteiger partial charge < -0.3 is 0 Å². The molecule has 1 aliphatic rings. The van der Waals surface area contributed by atoms with Gasteiger partial charge in [0.25, 0.3) is 0 Å². The van der Waals surface area contributed by atoms with Crippen LogP contribution in [0.15, 0.2) is 170 Å². The molecule has 1 aliphatic carbocycles. The minimum atomic E-state index is -0.409. The van der Waals surface area contributed by atoms with Crippen molar-refractivity contribution >= 4 is 21.7 Å². The highest BCUT2D eigenvalue weighted by atomic mass is 14.9. The van der Waals surface area contributed by atoms with E-state index in [0.29, 0.717) is 0 Å². The number of nitrogens with zero attached hydrogens (tertiary/aromatic N) is 2. The van der Waals surface area contributed by atoms with E-state index in [0.717, 1.165) is 33.5 Å². The quantitative estimate of drug-likeness (QED) is 0.210. The maximum absolute atomic E-state index is 5.15. The summed E-state index contributed by atoms with van der Waals surface area (Å²) in [5.41, 5.74) is 11.3. The average Bonchev–Trinajstić information content (AvgIpc) is 3.41. The first kappa shape index (κ1) is 25.6. The van der Waals surface area contributed by atoms with Crippen LogP contribution in [-0.2, 0) is 5.41 Å². The SMILES string of the molecule is c1ccc(-c2nc(-c3ccc4cc5c(cc4c3)-c3ccccc3C5(c3ccccc3)c3ccccc3)nc3ccccc23)cc1. The molecule has 7 aromatic carbocycles. The second-order valence-electron chi connectivity index (χ2n) is 11.8. The zero-order valence-corrected chi connectivity index (χ0v) is 24.6. The zero-order valence-electron chi connectivity index (χ0n) is 24.6. The van der Waals surface area contributed by atoms with Crippen molar-refractivity contribution in [3.05, 3.63) is 192 Å². The third kappa shape index (κ3) is 3.89. The summed E-state index contributed by atoms with van der Waals surface area (Å²) in [4.78, 5) is 10.2. The van der Waals surface area contributed by atoms with E-state index in [9.17, 15) is 0 Å². The van der Waals surface area contributed by atoms with Crippen molar-refractivity contribution in [2.45, 2.75) is 5.41 Å². The first-order valence-electron chi connectivity index (χ1n) is 15.4. The third-order valence-corrected chi connectivity index (χ3v) is 9.32. The van der Waals surface area contributed by atoms with Gasteiger partial charge in [-0.05, 0) is 68.4 Å². The molecule has 2 nitrogen and oxygen atoms in total. The molecule has 0 fully saturated rings. The molecule has 0 N–H and O–H groups in total. The van der Waals surface area contributed by atoms with E-state index >= 15 is 0 Å². The lowest BCUT2D eigenvalue weighted by atomic mass is 9.67. The monoisotopic (exact) mass is 572 g/mol. The first-order valence-corrected chi connectivity index (χ1v) is 15.4. The van der Waals surface area contributed by atoms with Crippen molar-refractivity contribution in [1.82, 2.24) is 9.97 Å². The molecule has 45 heavy (non-hydrogen) atoms. The van der Waals surface area contributed by atoms with Crippen LogP contribution in [0.5, 0.6) is 0 Å². The van der Waals surface area contributed by atoms with Crippen LogP contribution >= 0.6 is 0 Å². The van der Waals surface area contributed by atoms with E-state index in [1.807, 2.05) is 12.1 Å². The standard InChI is InChI=1S/C43H28N2/c1-4-14-29(15-5-1)41-36-21-11-13-23-40(36)44-42(45-41)31-25-24-30-28-39-37(27-32(30)26-31)35-20-10-12-22-38(35)43(39,33-16-6-2-7-17-33)34-18-8-3-9-19-34/h1-28H. The summed E-state index contributed by atoms with van der Waals surface area (Å²) < 4.78 is 0. The number of hydrogen-bond acceptors (Lipinski definition) is 2. The molecule has 0 atom stereocenters. The molecule has 0 radical (unpaired) electrons. The Hall–Kier alpha value is -5.86. The Morgan fingerprint density at radius 1 is 0.400 bits per heavy atom. The predicted molar refractivity (Wildman–Crippen MR) is 185 cm³/mol. The number of hydrogen-bond donors (Lipinski definition) is 0. The highest BCUT2D eigenvalue weighted by Gasteiger charge is 2.46. The predicted octanol–water partition coefficient (Wildman–Crippen LogP) is 10.5. The van der Waals surface area contributed by atoms with Crippen LogP contribution in [0, 0.1) is 0 Å². The molecule has 0 saturated carbocycles. The fourth-order valence-electron chi connectivity index (χ4n) is 7.35. The van der Waals surface area contributed by atoms with Crippen LogP contribution < -0.4 is 0 Å². The van der Waals surface area contributed by atoms with Gasteiger partial charge in [-0.2, -0.15) is 0 Å². The fraction of sp³-hybridized carbons (Fsp3) is 0.0233. The van der Waals surface area contributed by atoms with Gasteiger partial charge in [-0.15, -0.1) is 0 Å². The molecule has 0 aliphatic heterocycles. The Labute approximate surface area is 262 Å². The van der Waals surface area contributed by atoms with E-state index in [-0.39, 0.29) is 0 Å². The van der Waals surface area contributed by atoms with Gasteiger partial charge in [0.05, 0.1) is 16.6 Å². The molecular formula is C43H28N2.